The van der Waals surface area contributed by atoms with Gasteiger partial charge in [-0.2, -0.15) is 5.26 Å². The number of guanidine groups is 1. The Bertz CT molecular complexity index is 1310. The molecule has 0 atom stereocenters. The molecule has 0 amide bonds. The van der Waals surface area contributed by atoms with Crippen molar-refractivity contribution < 1.29 is 13.2 Å². The highest BCUT2D eigenvalue weighted by molar-refractivity contribution is 7.91. The van der Waals surface area contributed by atoms with Crippen molar-refractivity contribution in [1.29, 1.82) is 5.26 Å². The van der Waals surface area contributed by atoms with Crippen LogP contribution in [0, 0.1) is 11.5 Å². The van der Waals surface area contributed by atoms with Crippen LogP contribution in [0.2, 0.25) is 0 Å². The zero-order chi connectivity index (χ0) is 24.8. The van der Waals surface area contributed by atoms with Gasteiger partial charge in [-0.05, 0) is 52.9 Å². The minimum atomic E-state index is -3.78. The van der Waals surface area contributed by atoms with Crippen LogP contribution in [-0.4, -0.2) is 26.5 Å². The van der Waals surface area contributed by atoms with Crippen LogP contribution in [0.4, 0.5) is 5.69 Å². The Kier molecular flexibility index (Phi) is 7.54. The smallest absolute Gasteiger partial charge is 0.210 e. The molecular weight excluding hydrogens is 450 g/mol. The lowest BCUT2D eigenvalue weighted by Crippen LogP contribution is -2.26. The molecule has 0 saturated carbocycles. The van der Waals surface area contributed by atoms with E-state index in [2.05, 4.69) is 41.4 Å². The van der Waals surface area contributed by atoms with Gasteiger partial charge in [-0.3, -0.25) is 10.3 Å². The number of ether oxygens (including phenoxy) is 1. The number of methoxy groups -OCH3 is 1. The Hall–Kier alpha value is -3.90. The molecule has 9 heteroatoms. The van der Waals surface area contributed by atoms with Gasteiger partial charge < -0.3 is 10.1 Å². The lowest BCUT2D eigenvalue weighted by atomic mass is 9.87. The van der Waals surface area contributed by atoms with Crippen LogP contribution < -0.4 is 15.4 Å². The fourth-order valence-electron chi connectivity index (χ4n) is 3.16. The van der Waals surface area contributed by atoms with Crippen LogP contribution in [0.25, 0.3) is 0 Å². The number of nitrogens with one attached hydrogen (secondary N) is 2. The summed E-state index contributed by atoms with van der Waals surface area (Å²) in [5, 5.41) is 14.5. The second-order valence-electron chi connectivity index (χ2n) is 8.53. The van der Waals surface area contributed by atoms with Crippen LogP contribution >= 0.6 is 0 Å². The van der Waals surface area contributed by atoms with Crippen molar-refractivity contribution in [1.82, 2.24) is 10.3 Å². The van der Waals surface area contributed by atoms with Crippen LogP contribution in [0.15, 0.2) is 81.8 Å². The Balaban J connectivity index is 1.82. The average Bonchev–Trinajstić information content (AvgIpc) is 2.82. The number of hydrogen-bond acceptors (Lipinski definition) is 6. The largest absolute Gasteiger partial charge is 0.495 e. The van der Waals surface area contributed by atoms with Gasteiger partial charge >= 0.3 is 0 Å². The molecule has 0 aliphatic heterocycles. The molecular formula is C25H27N5O3S. The number of rotatable bonds is 6. The van der Waals surface area contributed by atoms with Crippen LogP contribution in [-0.2, 0) is 21.8 Å². The third kappa shape index (κ3) is 5.91. The number of anilines is 1. The third-order valence-corrected chi connectivity index (χ3v) is 6.90. The molecule has 176 valence electrons. The van der Waals surface area contributed by atoms with Crippen LogP contribution in [0.1, 0.15) is 31.9 Å². The number of hydrogen-bond donors (Lipinski definition) is 2. The first-order valence-electron chi connectivity index (χ1n) is 10.5. The van der Waals surface area contributed by atoms with E-state index in [4.69, 9.17) is 10.00 Å². The van der Waals surface area contributed by atoms with Crippen LogP contribution in [0.3, 0.4) is 0 Å². The number of sulfone groups is 1. The van der Waals surface area contributed by atoms with Crippen molar-refractivity contribution >= 4 is 21.5 Å². The molecule has 0 aliphatic rings. The van der Waals surface area contributed by atoms with Crippen molar-refractivity contribution in [2.24, 2.45) is 4.99 Å². The highest BCUT2D eigenvalue weighted by atomic mass is 32.2. The van der Waals surface area contributed by atoms with E-state index in [-0.39, 0.29) is 27.7 Å². The number of aromatic nitrogens is 1. The van der Waals surface area contributed by atoms with Gasteiger partial charge in [0.15, 0.2) is 6.19 Å². The average molecular weight is 478 g/mol. The van der Waals surface area contributed by atoms with Gasteiger partial charge in [-0.1, -0.05) is 39.0 Å². The molecule has 0 aliphatic carbocycles. The number of nitriles is 1. The van der Waals surface area contributed by atoms with Gasteiger partial charge in [0, 0.05) is 18.1 Å². The minimum Gasteiger partial charge on any atom is -0.495 e. The number of aliphatic imine (C=N–C) groups is 1. The van der Waals surface area contributed by atoms with Crippen molar-refractivity contribution in [3.63, 3.8) is 0 Å². The lowest BCUT2D eigenvalue weighted by Gasteiger charge is -2.21. The van der Waals surface area contributed by atoms with Crippen molar-refractivity contribution in [2.75, 3.05) is 12.4 Å². The summed E-state index contributed by atoms with van der Waals surface area (Å²) in [5.41, 5.74) is 2.36. The number of benzene rings is 2. The molecule has 0 bridgehead atoms. The molecule has 3 rings (SSSR count). The van der Waals surface area contributed by atoms with Gasteiger partial charge in [-0.15, -0.1) is 0 Å². The van der Waals surface area contributed by atoms with Crippen molar-refractivity contribution in [2.45, 2.75) is 42.5 Å². The van der Waals surface area contributed by atoms with Gasteiger partial charge in [0.05, 0.1) is 18.6 Å². The molecule has 34 heavy (non-hydrogen) atoms. The summed E-state index contributed by atoms with van der Waals surface area (Å²) < 4.78 is 32.0. The fraction of sp³-hybridized carbons (Fsp3) is 0.240. The lowest BCUT2D eigenvalue weighted by molar-refractivity contribution is 0.400. The maximum Gasteiger partial charge on any atom is 0.210 e. The quantitative estimate of drug-likeness (QED) is 0.236. The monoisotopic (exact) mass is 477 g/mol. The predicted molar refractivity (Wildman–Crippen MR) is 131 cm³/mol. The van der Waals surface area contributed by atoms with Gasteiger partial charge in [0.25, 0.3) is 0 Å². The fourth-order valence-corrected chi connectivity index (χ4v) is 4.57. The second-order valence-corrected chi connectivity index (χ2v) is 10.4. The maximum atomic E-state index is 13.3. The Morgan fingerprint density at radius 1 is 1.09 bits per heavy atom. The molecule has 1 aromatic heterocycles. The van der Waals surface area contributed by atoms with E-state index in [1.54, 1.807) is 60.9 Å². The van der Waals surface area contributed by atoms with E-state index in [0.29, 0.717) is 5.75 Å². The molecule has 0 radical (unpaired) electrons. The zero-order valence-electron chi connectivity index (χ0n) is 19.5. The summed E-state index contributed by atoms with van der Waals surface area (Å²) in [6, 6.07) is 15.2. The first kappa shape index (κ1) is 24.7. The highest BCUT2D eigenvalue weighted by Crippen LogP contribution is 2.34. The first-order valence-corrected chi connectivity index (χ1v) is 12.0. The zero-order valence-corrected chi connectivity index (χ0v) is 20.3. The van der Waals surface area contributed by atoms with Gasteiger partial charge in [0.1, 0.15) is 10.6 Å². The predicted octanol–water partition coefficient (Wildman–Crippen LogP) is 4.26. The molecule has 0 fully saturated rings. The molecule has 3 aromatic rings. The number of nitrogens with zero attached hydrogens (tertiary/aromatic N) is 3. The summed E-state index contributed by atoms with van der Waals surface area (Å²) in [5.74, 6) is 0.588. The highest BCUT2D eigenvalue weighted by Gasteiger charge is 2.24. The van der Waals surface area contributed by atoms with Crippen molar-refractivity contribution in [3.8, 4) is 11.9 Å². The first-order chi connectivity index (χ1) is 16.1. The van der Waals surface area contributed by atoms with E-state index < -0.39 is 9.84 Å². The standard InChI is InChI=1S/C25H27N5O3S/c1-25(2,3)19-7-10-23(22(15-19)33-4)34(31,32)21-8-5-18(6-9-21)16-28-24(29-17-26)30-20-11-13-27-14-12-20/h5-15H,16H2,1-4H3,(H2,27,28,29,30). The Labute approximate surface area is 200 Å². The SMILES string of the molecule is COc1cc(C(C)(C)C)ccc1S(=O)(=O)c1ccc(CN=C(NC#N)Nc2ccncc2)cc1. The Morgan fingerprint density at radius 2 is 1.76 bits per heavy atom. The molecule has 1 heterocycles. The van der Waals surface area contributed by atoms with Gasteiger partial charge in [0.2, 0.25) is 15.8 Å². The summed E-state index contributed by atoms with van der Waals surface area (Å²) in [6.45, 7) is 6.41. The van der Waals surface area contributed by atoms with E-state index in [9.17, 15) is 8.42 Å². The van der Waals surface area contributed by atoms with Crippen molar-refractivity contribution in [3.05, 3.63) is 78.1 Å². The molecule has 0 unspecified atom stereocenters. The van der Waals surface area contributed by atoms with E-state index in [1.807, 2.05) is 12.3 Å². The van der Waals surface area contributed by atoms with Gasteiger partial charge in [-0.25, -0.2) is 13.4 Å². The van der Waals surface area contributed by atoms with Crippen LogP contribution in [0.5, 0.6) is 5.75 Å². The molecule has 0 saturated heterocycles. The van der Waals surface area contributed by atoms with E-state index in [0.717, 1.165) is 16.8 Å². The molecule has 2 aromatic carbocycles. The molecule has 2 N–H and O–H groups in total. The molecule has 8 nitrogen and oxygen atoms in total. The minimum absolute atomic E-state index is 0.121. The number of pyridine rings is 1. The normalized spacial score (nSPS) is 12.0. The summed E-state index contributed by atoms with van der Waals surface area (Å²) in [7, 11) is -2.31. The topological polar surface area (TPSA) is 116 Å². The summed E-state index contributed by atoms with van der Waals surface area (Å²) in [4.78, 5) is 8.60. The Morgan fingerprint density at radius 3 is 2.35 bits per heavy atom. The van der Waals surface area contributed by atoms with E-state index in [1.165, 1.54) is 7.11 Å². The molecule has 0 spiro atoms. The second kappa shape index (κ2) is 10.4. The van der Waals surface area contributed by atoms with E-state index >= 15 is 0 Å². The third-order valence-electron chi connectivity index (χ3n) is 5.09. The maximum absolute atomic E-state index is 13.3. The summed E-state index contributed by atoms with van der Waals surface area (Å²) >= 11 is 0. The summed E-state index contributed by atoms with van der Waals surface area (Å²) in [6.07, 6.45) is 5.09.